The number of Topliss-reactive ketones (excluding diaryl/α,β-unsaturated/α-hetero) is 1. The number of nitrogens with one attached hydrogen (secondary N) is 1. The third-order valence-electron chi connectivity index (χ3n) is 4.67. The first-order chi connectivity index (χ1) is 11.9. The van der Waals surface area contributed by atoms with Crippen molar-refractivity contribution in [3.8, 4) is 0 Å². The molecule has 0 fully saturated rings. The number of anilines is 1. The van der Waals surface area contributed by atoms with E-state index in [0.717, 1.165) is 5.70 Å². The van der Waals surface area contributed by atoms with Crippen LogP contribution in [0.15, 0.2) is 41.9 Å². The van der Waals surface area contributed by atoms with Crippen molar-refractivity contribution in [3.63, 3.8) is 0 Å². The summed E-state index contributed by atoms with van der Waals surface area (Å²) in [7, 11) is 0. The van der Waals surface area contributed by atoms with Crippen LogP contribution >= 0.6 is 0 Å². The molecule has 2 aromatic rings. The van der Waals surface area contributed by atoms with Crippen LogP contribution in [0.2, 0.25) is 0 Å². The molecule has 2 aliphatic rings. The number of aromatic nitrogens is 3. The number of nitrogens with zero attached hydrogens (tertiary/aromatic N) is 4. The molecule has 2 heterocycles. The summed E-state index contributed by atoms with van der Waals surface area (Å²) in [6.45, 7) is 4.11. The maximum Gasteiger partial charge on any atom is 0.269 e. The van der Waals surface area contributed by atoms with Gasteiger partial charge in [0.15, 0.2) is 5.78 Å². The van der Waals surface area contributed by atoms with Crippen molar-refractivity contribution in [2.75, 3.05) is 5.32 Å². The Balaban J connectivity index is 1.90. The van der Waals surface area contributed by atoms with Crippen LogP contribution in [0, 0.1) is 15.5 Å². The summed E-state index contributed by atoms with van der Waals surface area (Å²) in [5, 5.41) is 18.6. The smallest absolute Gasteiger partial charge is 0.269 e. The van der Waals surface area contributed by atoms with Gasteiger partial charge in [-0.1, -0.05) is 26.0 Å². The fourth-order valence-corrected chi connectivity index (χ4v) is 3.67. The number of non-ortho nitro benzene ring substituents is 1. The van der Waals surface area contributed by atoms with Gasteiger partial charge < -0.3 is 5.32 Å². The van der Waals surface area contributed by atoms with Gasteiger partial charge in [0.1, 0.15) is 12.4 Å². The highest BCUT2D eigenvalue weighted by Crippen LogP contribution is 2.45. The summed E-state index contributed by atoms with van der Waals surface area (Å²) in [5.41, 5.74) is 1.96. The maximum atomic E-state index is 12.9. The number of fused-ring (bicyclic) bond motifs is 1. The van der Waals surface area contributed by atoms with Crippen LogP contribution in [0.25, 0.3) is 0 Å². The van der Waals surface area contributed by atoms with Gasteiger partial charge in [-0.25, -0.2) is 4.68 Å². The number of carbonyl (C=O) groups is 1. The fourth-order valence-electron chi connectivity index (χ4n) is 3.67. The molecule has 0 saturated carbocycles. The van der Waals surface area contributed by atoms with Crippen molar-refractivity contribution in [2.24, 2.45) is 5.41 Å². The van der Waals surface area contributed by atoms with Gasteiger partial charge in [0, 0.05) is 29.8 Å². The number of ketones is 1. The summed E-state index contributed by atoms with van der Waals surface area (Å²) < 4.78 is 1.62. The van der Waals surface area contributed by atoms with Crippen LogP contribution in [0.4, 0.5) is 11.6 Å². The molecule has 128 valence electrons. The monoisotopic (exact) mass is 339 g/mol. The van der Waals surface area contributed by atoms with Crippen LogP contribution in [0.3, 0.4) is 0 Å². The number of nitro groups is 1. The topological polar surface area (TPSA) is 103 Å². The second-order valence-electron chi connectivity index (χ2n) is 7.24. The molecule has 4 rings (SSSR count). The van der Waals surface area contributed by atoms with Crippen LogP contribution < -0.4 is 5.32 Å². The highest BCUT2D eigenvalue weighted by Gasteiger charge is 2.41. The molecule has 8 nitrogen and oxygen atoms in total. The average molecular weight is 339 g/mol. The zero-order valence-electron chi connectivity index (χ0n) is 13.9. The SMILES string of the molecule is CC1(C)CC(=O)C2=C(C1)Nc1ncnn1[C@H]2c1cccc([N+](=O)[O-])c1. The van der Waals surface area contributed by atoms with Crippen molar-refractivity contribution >= 4 is 17.4 Å². The predicted molar refractivity (Wildman–Crippen MR) is 89.9 cm³/mol. The van der Waals surface area contributed by atoms with Gasteiger partial charge in [0.05, 0.1) is 4.92 Å². The summed E-state index contributed by atoms with van der Waals surface area (Å²) >= 11 is 0. The van der Waals surface area contributed by atoms with Gasteiger partial charge in [0.25, 0.3) is 5.69 Å². The highest BCUT2D eigenvalue weighted by atomic mass is 16.6. The quantitative estimate of drug-likeness (QED) is 0.666. The Hall–Kier alpha value is -3.03. The molecular formula is C17H17N5O3. The largest absolute Gasteiger partial charge is 0.328 e. The molecular weight excluding hydrogens is 322 g/mol. The van der Waals surface area contributed by atoms with E-state index in [0.29, 0.717) is 29.9 Å². The van der Waals surface area contributed by atoms with E-state index in [4.69, 9.17) is 0 Å². The van der Waals surface area contributed by atoms with Crippen LogP contribution in [-0.2, 0) is 4.79 Å². The molecule has 1 atom stereocenters. The van der Waals surface area contributed by atoms with Gasteiger partial charge in [-0.05, 0) is 17.4 Å². The van der Waals surface area contributed by atoms with E-state index in [-0.39, 0.29) is 16.9 Å². The molecule has 0 radical (unpaired) electrons. The molecule has 0 unspecified atom stereocenters. The van der Waals surface area contributed by atoms with E-state index in [9.17, 15) is 14.9 Å². The number of hydrogen-bond donors (Lipinski definition) is 1. The first kappa shape index (κ1) is 15.5. The van der Waals surface area contributed by atoms with E-state index in [2.05, 4.69) is 29.2 Å². The molecule has 1 aliphatic heterocycles. The van der Waals surface area contributed by atoms with Crippen molar-refractivity contribution in [1.82, 2.24) is 14.8 Å². The lowest BCUT2D eigenvalue weighted by atomic mass is 9.73. The van der Waals surface area contributed by atoms with Crippen LogP contribution in [0.5, 0.6) is 0 Å². The van der Waals surface area contributed by atoms with Gasteiger partial charge in [-0.2, -0.15) is 10.1 Å². The molecule has 1 aromatic carbocycles. The number of rotatable bonds is 2. The molecule has 25 heavy (non-hydrogen) atoms. The van der Waals surface area contributed by atoms with E-state index in [1.807, 2.05) is 0 Å². The van der Waals surface area contributed by atoms with Gasteiger partial charge in [0.2, 0.25) is 5.95 Å². The molecule has 0 spiro atoms. The Bertz CT molecular complexity index is 928. The summed E-state index contributed by atoms with van der Waals surface area (Å²) in [5.74, 6) is 0.581. The van der Waals surface area contributed by atoms with E-state index < -0.39 is 11.0 Å². The van der Waals surface area contributed by atoms with Gasteiger partial charge in [-0.3, -0.25) is 14.9 Å². The standard InChI is InChI=1S/C17H17N5O3/c1-17(2)7-12-14(13(23)8-17)15(21-16(20-12)18-9-19-21)10-4-3-5-11(6-10)22(24)25/h3-6,9,15H,7-8H2,1-2H3,(H,18,19,20)/t15-/m0/s1. The van der Waals surface area contributed by atoms with E-state index in [1.165, 1.54) is 18.5 Å². The summed E-state index contributed by atoms with van der Waals surface area (Å²) in [4.78, 5) is 27.8. The normalized spacial score (nSPS) is 21.4. The number of benzene rings is 1. The lowest BCUT2D eigenvalue weighted by Gasteiger charge is -2.38. The van der Waals surface area contributed by atoms with E-state index >= 15 is 0 Å². The molecule has 0 saturated heterocycles. The number of carbonyl (C=O) groups excluding carboxylic acids is 1. The third-order valence-corrected chi connectivity index (χ3v) is 4.67. The van der Waals surface area contributed by atoms with Crippen molar-refractivity contribution in [2.45, 2.75) is 32.7 Å². The Morgan fingerprint density at radius 1 is 1.36 bits per heavy atom. The lowest BCUT2D eigenvalue weighted by molar-refractivity contribution is -0.384. The minimum atomic E-state index is -0.503. The second-order valence-corrected chi connectivity index (χ2v) is 7.24. The van der Waals surface area contributed by atoms with Gasteiger partial charge in [-0.15, -0.1) is 0 Å². The molecule has 0 bridgehead atoms. The molecule has 1 aliphatic carbocycles. The van der Waals surface area contributed by atoms with Crippen molar-refractivity contribution in [1.29, 1.82) is 0 Å². The van der Waals surface area contributed by atoms with Crippen LogP contribution in [0.1, 0.15) is 38.3 Å². The minimum Gasteiger partial charge on any atom is -0.328 e. The Labute approximate surface area is 143 Å². The number of hydrogen-bond acceptors (Lipinski definition) is 6. The maximum absolute atomic E-state index is 12.9. The fraction of sp³-hybridized carbons (Fsp3) is 0.353. The zero-order chi connectivity index (χ0) is 17.8. The predicted octanol–water partition coefficient (Wildman–Crippen LogP) is 2.84. The summed E-state index contributed by atoms with van der Waals surface area (Å²) in [6, 6.07) is 5.85. The van der Waals surface area contributed by atoms with E-state index in [1.54, 1.807) is 16.8 Å². The average Bonchev–Trinajstić information content (AvgIpc) is 2.99. The minimum absolute atomic E-state index is 0.0107. The molecule has 1 N–H and O–H groups in total. The second kappa shape index (κ2) is 5.23. The molecule has 8 heteroatoms. The Kier molecular flexibility index (Phi) is 3.24. The number of allylic oxidation sites excluding steroid dienone is 2. The summed E-state index contributed by atoms with van der Waals surface area (Å²) in [6.07, 6.45) is 2.57. The Morgan fingerprint density at radius 3 is 2.92 bits per heavy atom. The van der Waals surface area contributed by atoms with Gasteiger partial charge >= 0.3 is 0 Å². The first-order valence-corrected chi connectivity index (χ1v) is 8.03. The molecule has 0 amide bonds. The van der Waals surface area contributed by atoms with Crippen LogP contribution in [-0.4, -0.2) is 25.5 Å². The van der Waals surface area contributed by atoms with Crippen molar-refractivity contribution in [3.05, 3.63) is 57.5 Å². The molecule has 1 aromatic heterocycles. The lowest BCUT2D eigenvalue weighted by Crippen LogP contribution is -2.36. The highest BCUT2D eigenvalue weighted by molar-refractivity contribution is 6.00. The Morgan fingerprint density at radius 2 is 2.16 bits per heavy atom. The first-order valence-electron chi connectivity index (χ1n) is 8.03. The van der Waals surface area contributed by atoms with Crippen molar-refractivity contribution < 1.29 is 9.72 Å². The zero-order valence-corrected chi connectivity index (χ0v) is 13.9. The third kappa shape index (κ3) is 2.50. The number of nitro benzene ring substituents is 1.